The van der Waals surface area contributed by atoms with Crippen LogP contribution in [0.3, 0.4) is 0 Å². The van der Waals surface area contributed by atoms with E-state index in [1.165, 1.54) is 31.2 Å². The van der Waals surface area contributed by atoms with E-state index in [4.69, 9.17) is 11.6 Å². The van der Waals surface area contributed by atoms with Gasteiger partial charge in [0.05, 0.1) is 10.7 Å². The van der Waals surface area contributed by atoms with E-state index >= 15 is 0 Å². The van der Waals surface area contributed by atoms with E-state index in [0.717, 1.165) is 11.6 Å². The number of amides is 1. The fourth-order valence-corrected chi connectivity index (χ4v) is 3.57. The van der Waals surface area contributed by atoms with Gasteiger partial charge in [-0.05, 0) is 42.8 Å². The molecule has 0 aliphatic rings. The minimum absolute atomic E-state index is 0.0379. The molecule has 0 spiro atoms. The first-order valence-electron chi connectivity index (χ1n) is 6.55. The van der Waals surface area contributed by atoms with Gasteiger partial charge in [0.2, 0.25) is 5.91 Å². The van der Waals surface area contributed by atoms with Crippen LogP contribution in [0.25, 0.3) is 0 Å². The van der Waals surface area contributed by atoms with E-state index in [1.807, 2.05) is 0 Å². The Hall–Kier alpha value is -2.12. The predicted molar refractivity (Wildman–Crippen MR) is 87.7 cm³/mol. The lowest BCUT2D eigenvalue weighted by Gasteiger charge is -2.12. The van der Waals surface area contributed by atoms with Gasteiger partial charge in [-0.3, -0.25) is 9.52 Å². The van der Waals surface area contributed by atoms with Crippen molar-refractivity contribution in [3.05, 3.63) is 52.8 Å². The molecule has 1 amide bonds. The van der Waals surface area contributed by atoms with E-state index < -0.39 is 15.8 Å². The lowest BCUT2D eigenvalue weighted by molar-refractivity contribution is -0.114. The molecule has 0 saturated heterocycles. The molecular formula is C15H14ClFN2O3S. The van der Waals surface area contributed by atoms with Gasteiger partial charge in [0.15, 0.2) is 0 Å². The maximum atomic E-state index is 13.8. The summed E-state index contributed by atoms with van der Waals surface area (Å²) in [5.41, 5.74) is 0.785. The van der Waals surface area contributed by atoms with E-state index in [0.29, 0.717) is 0 Å². The molecule has 5 nitrogen and oxygen atoms in total. The molecule has 0 aliphatic heterocycles. The van der Waals surface area contributed by atoms with Crippen LogP contribution >= 0.6 is 11.6 Å². The second-order valence-corrected chi connectivity index (χ2v) is 6.97. The third-order valence-corrected chi connectivity index (χ3v) is 4.76. The van der Waals surface area contributed by atoms with Crippen molar-refractivity contribution in [1.82, 2.24) is 0 Å². The Morgan fingerprint density at radius 2 is 1.87 bits per heavy atom. The van der Waals surface area contributed by atoms with Crippen molar-refractivity contribution in [2.75, 3.05) is 10.0 Å². The first kappa shape index (κ1) is 17.2. The van der Waals surface area contributed by atoms with Gasteiger partial charge in [-0.2, -0.15) is 0 Å². The Morgan fingerprint density at radius 1 is 1.17 bits per heavy atom. The van der Waals surface area contributed by atoms with E-state index in [1.54, 1.807) is 13.0 Å². The standard InChI is InChI=1S/C15H14ClFN2O3S/c1-9-3-6-15(12(16)7-9)23(21,22)19-14-8-11(18-10(2)20)4-5-13(14)17/h3-8,19H,1-2H3,(H,18,20). The van der Waals surface area contributed by atoms with Crippen LogP contribution in [0.5, 0.6) is 0 Å². The smallest absolute Gasteiger partial charge is 0.263 e. The van der Waals surface area contributed by atoms with E-state index in [-0.39, 0.29) is 27.2 Å². The number of hydrogen-bond donors (Lipinski definition) is 2. The number of aryl methyl sites for hydroxylation is 1. The second kappa shape index (κ2) is 6.55. The van der Waals surface area contributed by atoms with Gasteiger partial charge >= 0.3 is 0 Å². The van der Waals surface area contributed by atoms with Crippen LogP contribution in [0.15, 0.2) is 41.3 Å². The first-order chi connectivity index (χ1) is 10.7. The molecule has 2 N–H and O–H groups in total. The number of rotatable bonds is 4. The largest absolute Gasteiger partial charge is 0.326 e. The van der Waals surface area contributed by atoms with Crippen LogP contribution in [-0.2, 0) is 14.8 Å². The van der Waals surface area contributed by atoms with Crippen LogP contribution in [0, 0.1) is 12.7 Å². The maximum Gasteiger partial charge on any atom is 0.263 e. The summed E-state index contributed by atoms with van der Waals surface area (Å²) >= 11 is 5.95. The molecular weight excluding hydrogens is 343 g/mol. The van der Waals surface area contributed by atoms with Crippen LogP contribution in [0.1, 0.15) is 12.5 Å². The normalized spacial score (nSPS) is 11.1. The summed E-state index contributed by atoms with van der Waals surface area (Å²) in [4.78, 5) is 10.9. The highest BCUT2D eigenvalue weighted by Crippen LogP contribution is 2.27. The molecule has 0 aromatic heterocycles. The molecule has 2 aromatic carbocycles. The van der Waals surface area contributed by atoms with Crippen LogP contribution in [0.4, 0.5) is 15.8 Å². The molecule has 0 aliphatic carbocycles. The fraction of sp³-hybridized carbons (Fsp3) is 0.133. The summed E-state index contributed by atoms with van der Waals surface area (Å²) in [6.45, 7) is 3.06. The number of benzene rings is 2. The number of carbonyl (C=O) groups excluding carboxylic acids is 1. The summed E-state index contributed by atoms with van der Waals surface area (Å²) in [5.74, 6) is -1.13. The number of halogens is 2. The van der Waals surface area contributed by atoms with Crippen LogP contribution in [-0.4, -0.2) is 14.3 Å². The summed E-state index contributed by atoms with van der Waals surface area (Å²) in [5, 5.41) is 2.49. The van der Waals surface area contributed by atoms with Crippen molar-refractivity contribution >= 4 is 38.9 Å². The molecule has 0 saturated carbocycles. The number of nitrogens with one attached hydrogen (secondary N) is 2. The second-order valence-electron chi connectivity index (χ2n) is 4.92. The lowest BCUT2D eigenvalue weighted by atomic mass is 10.2. The molecule has 0 atom stereocenters. The molecule has 23 heavy (non-hydrogen) atoms. The van der Waals surface area contributed by atoms with E-state index in [2.05, 4.69) is 10.0 Å². The summed E-state index contributed by atoms with van der Waals surface area (Å²) in [6.07, 6.45) is 0. The lowest BCUT2D eigenvalue weighted by Crippen LogP contribution is -2.15. The van der Waals surface area contributed by atoms with Crippen molar-refractivity contribution in [2.45, 2.75) is 18.7 Å². The van der Waals surface area contributed by atoms with Crippen LogP contribution < -0.4 is 10.0 Å². The quantitative estimate of drug-likeness (QED) is 0.879. The summed E-state index contributed by atoms with van der Waals surface area (Å²) in [6, 6.07) is 8.00. The van der Waals surface area contributed by atoms with Gasteiger partial charge in [0, 0.05) is 12.6 Å². The molecule has 0 bridgehead atoms. The Kier molecular flexibility index (Phi) is 4.91. The molecule has 0 radical (unpaired) electrons. The number of anilines is 2. The zero-order chi connectivity index (χ0) is 17.2. The van der Waals surface area contributed by atoms with Gasteiger partial charge in [0.1, 0.15) is 10.7 Å². The Balaban J connectivity index is 2.38. The molecule has 122 valence electrons. The maximum absolute atomic E-state index is 13.8. The molecule has 0 fully saturated rings. The minimum Gasteiger partial charge on any atom is -0.326 e. The highest BCUT2D eigenvalue weighted by molar-refractivity contribution is 7.92. The summed E-state index contributed by atoms with van der Waals surface area (Å²) in [7, 11) is -4.06. The minimum atomic E-state index is -4.06. The average Bonchev–Trinajstić information content (AvgIpc) is 2.41. The Morgan fingerprint density at radius 3 is 2.48 bits per heavy atom. The molecule has 2 rings (SSSR count). The van der Waals surface area contributed by atoms with Crippen molar-refractivity contribution in [3.8, 4) is 0 Å². The van der Waals surface area contributed by atoms with Gasteiger partial charge in [-0.15, -0.1) is 0 Å². The van der Waals surface area contributed by atoms with Crippen LogP contribution in [0.2, 0.25) is 5.02 Å². The average molecular weight is 357 g/mol. The van der Waals surface area contributed by atoms with Crippen molar-refractivity contribution in [3.63, 3.8) is 0 Å². The third kappa shape index (κ3) is 4.20. The first-order valence-corrected chi connectivity index (χ1v) is 8.41. The molecule has 2 aromatic rings. The van der Waals surface area contributed by atoms with Gasteiger partial charge in [-0.25, -0.2) is 12.8 Å². The Bertz CT molecular complexity index is 869. The van der Waals surface area contributed by atoms with Crippen molar-refractivity contribution in [1.29, 1.82) is 0 Å². The number of hydrogen-bond acceptors (Lipinski definition) is 3. The monoisotopic (exact) mass is 356 g/mol. The fourth-order valence-electron chi connectivity index (χ4n) is 1.91. The van der Waals surface area contributed by atoms with Gasteiger partial charge < -0.3 is 5.32 Å². The summed E-state index contributed by atoms with van der Waals surface area (Å²) < 4.78 is 40.7. The highest BCUT2D eigenvalue weighted by atomic mass is 35.5. The molecule has 0 heterocycles. The van der Waals surface area contributed by atoms with Crippen molar-refractivity contribution < 1.29 is 17.6 Å². The SMILES string of the molecule is CC(=O)Nc1ccc(F)c(NS(=O)(=O)c2ccc(C)cc2Cl)c1. The van der Waals surface area contributed by atoms with Gasteiger partial charge in [0.25, 0.3) is 10.0 Å². The van der Waals surface area contributed by atoms with Gasteiger partial charge in [-0.1, -0.05) is 17.7 Å². The predicted octanol–water partition coefficient (Wildman–Crippen LogP) is 3.55. The zero-order valence-electron chi connectivity index (χ0n) is 12.4. The Labute approximate surface area is 138 Å². The highest BCUT2D eigenvalue weighted by Gasteiger charge is 2.20. The molecule has 8 heteroatoms. The number of sulfonamides is 1. The zero-order valence-corrected chi connectivity index (χ0v) is 13.9. The number of carbonyl (C=O) groups is 1. The molecule has 0 unspecified atom stereocenters. The third-order valence-electron chi connectivity index (χ3n) is 2.91. The van der Waals surface area contributed by atoms with Crippen molar-refractivity contribution in [2.24, 2.45) is 0 Å². The van der Waals surface area contributed by atoms with E-state index in [9.17, 15) is 17.6 Å². The topological polar surface area (TPSA) is 75.3 Å².